The van der Waals surface area contributed by atoms with Crippen molar-refractivity contribution in [2.24, 2.45) is 11.3 Å². The predicted octanol–water partition coefficient (Wildman–Crippen LogP) is 2.40. The van der Waals surface area contributed by atoms with Gasteiger partial charge in [0.15, 0.2) is 17.5 Å². The van der Waals surface area contributed by atoms with E-state index in [2.05, 4.69) is 10.6 Å². The molecule has 1 aromatic carbocycles. The smallest absolute Gasteiger partial charge is 0.275 e. The second-order valence-electron chi connectivity index (χ2n) is 10.1. The fourth-order valence-corrected chi connectivity index (χ4v) is 5.89. The number of halogens is 1. The van der Waals surface area contributed by atoms with Crippen LogP contribution in [0.4, 0.5) is 10.1 Å². The van der Waals surface area contributed by atoms with Crippen molar-refractivity contribution in [2.45, 2.75) is 56.9 Å². The van der Waals surface area contributed by atoms with E-state index < -0.39 is 17.6 Å². The zero-order valence-electron chi connectivity index (χ0n) is 19.3. The Labute approximate surface area is 197 Å². The SMILES string of the molecule is COc1c(N2CC(NC(=C=O)OCC3CC4(CCC4)C3)C2)ccc(C2CCC(=O)NC2=O)c1F. The van der Waals surface area contributed by atoms with Crippen molar-refractivity contribution in [2.75, 3.05) is 31.7 Å². The Morgan fingerprint density at radius 3 is 2.68 bits per heavy atom. The van der Waals surface area contributed by atoms with Gasteiger partial charge in [-0.15, -0.1) is 0 Å². The molecule has 4 fully saturated rings. The molecule has 4 aliphatic rings. The predicted molar refractivity (Wildman–Crippen MR) is 121 cm³/mol. The highest BCUT2D eigenvalue weighted by Crippen LogP contribution is 2.58. The van der Waals surface area contributed by atoms with E-state index >= 15 is 4.39 Å². The topological polar surface area (TPSA) is 97.0 Å². The van der Waals surface area contributed by atoms with Gasteiger partial charge in [0.05, 0.1) is 31.4 Å². The van der Waals surface area contributed by atoms with Gasteiger partial charge in [-0.25, -0.2) is 9.18 Å². The van der Waals surface area contributed by atoms with Crippen molar-refractivity contribution < 1.29 is 28.2 Å². The number of benzene rings is 1. The number of anilines is 1. The summed E-state index contributed by atoms with van der Waals surface area (Å²) in [6.45, 7) is 1.61. The summed E-state index contributed by atoms with van der Waals surface area (Å²) in [7, 11) is 1.39. The van der Waals surface area contributed by atoms with E-state index in [1.54, 1.807) is 12.1 Å². The molecule has 8 nitrogen and oxygen atoms in total. The van der Waals surface area contributed by atoms with Gasteiger partial charge in [0.2, 0.25) is 11.8 Å². The van der Waals surface area contributed by atoms with Gasteiger partial charge in [-0.2, -0.15) is 0 Å². The molecule has 1 atom stereocenters. The summed E-state index contributed by atoms with van der Waals surface area (Å²) < 4.78 is 26.3. The fourth-order valence-electron chi connectivity index (χ4n) is 5.89. The largest absolute Gasteiger partial charge is 0.492 e. The molecular formula is C25H30FN3O5. The van der Waals surface area contributed by atoms with Crippen molar-refractivity contribution in [3.05, 3.63) is 29.4 Å². The second kappa shape index (κ2) is 8.95. The molecule has 2 aliphatic heterocycles. The monoisotopic (exact) mass is 471 g/mol. The number of piperidine rings is 1. The van der Waals surface area contributed by atoms with Crippen molar-refractivity contribution in [1.82, 2.24) is 10.6 Å². The zero-order chi connectivity index (χ0) is 23.9. The Hall–Kier alpha value is -3.06. The van der Waals surface area contributed by atoms with Gasteiger partial charge < -0.3 is 19.7 Å². The summed E-state index contributed by atoms with van der Waals surface area (Å²) in [4.78, 5) is 36.9. The van der Waals surface area contributed by atoms with Crippen LogP contribution in [0.3, 0.4) is 0 Å². The quantitative estimate of drug-likeness (QED) is 0.341. The Kier molecular flexibility index (Phi) is 5.98. The number of nitrogens with one attached hydrogen (secondary N) is 2. The molecule has 1 aromatic rings. The number of carbonyl (C=O) groups is 2. The molecule has 1 unspecified atom stereocenters. The van der Waals surface area contributed by atoms with Crippen LogP contribution in [0.2, 0.25) is 0 Å². The first-order valence-corrected chi connectivity index (χ1v) is 12.0. The van der Waals surface area contributed by atoms with E-state index in [4.69, 9.17) is 9.47 Å². The highest BCUT2D eigenvalue weighted by molar-refractivity contribution is 6.01. The molecule has 34 heavy (non-hydrogen) atoms. The number of imide groups is 1. The van der Waals surface area contributed by atoms with Crippen molar-refractivity contribution >= 4 is 23.4 Å². The lowest BCUT2D eigenvalue weighted by molar-refractivity contribution is -0.134. The van der Waals surface area contributed by atoms with Crippen LogP contribution in [0.1, 0.15) is 56.4 Å². The summed E-state index contributed by atoms with van der Waals surface area (Å²) in [5.41, 5.74) is 1.37. The maximum Gasteiger partial charge on any atom is 0.275 e. The Balaban J connectivity index is 1.15. The third-order valence-corrected chi connectivity index (χ3v) is 7.90. The van der Waals surface area contributed by atoms with Gasteiger partial charge in [0.1, 0.15) is 0 Å². The number of carbonyl (C=O) groups excluding carboxylic acids is 3. The van der Waals surface area contributed by atoms with Gasteiger partial charge >= 0.3 is 0 Å². The van der Waals surface area contributed by atoms with Crippen molar-refractivity contribution in [3.8, 4) is 5.75 Å². The lowest BCUT2D eigenvalue weighted by atomic mass is 9.52. The molecule has 0 bridgehead atoms. The van der Waals surface area contributed by atoms with Crippen LogP contribution in [0, 0.1) is 17.2 Å². The average molecular weight is 472 g/mol. The average Bonchev–Trinajstić information content (AvgIpc) is 2.72. The Morgan fingerprint density at radius 2 is 2.06 bits per heavy atom. The minimum atomic E-state index is -0.723. The van der Waals surface area contributed by atoms with Gasteiger partial charge in [-0.3, -0.25) is 14.9 Å². The van der Waals surface area contributed by atoms with Crippen molar-refractivity contribution in [3.63, 3.8) is 0 Å². The first-order valence-electron chi connectivity index (χ1n) is 12.0. The van der Waals surface area contributed by atoms with E-state index in [9.17, 15) is 14.4 Å². The van der Waals surface area contributed by atoms with Gasteiger partial charge in [-0.1, -0.05) is 12.5 Å². The maximum absolute atomic E-state index is 15.3. The Morgan fingerprint density at radius 1 is 1.29 bits per heavy atom. The van der Waals surface area contributed by atoms with Crippen LogP contribution in [-0.2, 0) is 19.1 Å². The molecule has 1 spiro atoms. The molecule has 0 aromatic heterocycles. The zero-order valence-corrected chi connectivity index (χ0v) is 19.3. The summed E-state index contributed by atoms with van der Waals surface area (Å²) in [5, 5.41) is 5.36. The summed E-state index contributed by atoms with van der Waals surface area (Å²) >= 11 is 0. The van der Waals surface area contributed by atoms with Crippen LogP contribution in [0.25, 0.3) is 0 Å². The van der Waals surface area contributed by atoms with Crippen molar-refractivity contribution in [1.29, 1.82) is 0 Å². The molecule has 2 N–H and O–H groups in total. The minimum Gasteiger partial charge on any atom is -0.492 e. The van der Waals surface area contributed by atoms with Crippen LogP contribution in [0.15, 0.2) is 18.0 Å². The molecule has 2 amide bonds. The van der Waals surface area contributed by atoms with E-state index in [1.807, 2.05) is 10.8 Å². The van der Waals surface area contributed by atoms with E-state index in [0.29, 0.717) is 36.7 Å². The van der Waals surface area contributed by atoms with Gasteiger partial charge in [0.25, 0.3) is 5.88 Å². The minimum absolute atomic E-state index is 0.0293. The number of ether oxygens (including phenoxy) is 2. The number of nitrogens with zero attached hydrogens (tertiary/aromatic N) is 1. The first-order chi connectivity index (χ1) is 16.4. The second-order valence-corrected chi connectivity index (χ2v) is 10.1. The molecule has 182 valence electrons. The van der Waals surface area contributed by atoms with Crippen LogP contribution in [-0.4, -0.2) is 50.6 Å². The molecule has 2 saturated carbocycles. The maximum atomic E-state index is 15.3. The summed E-state index contributed by atoms with van der Waals surface area (Å²) in [6.07, 6.45) is 6.81. The lowest BCUT2D eigenvalue weighted by Gasteiger charge is -2.54. The standard InChI is InChI=1S/C25H30FN3O5/c1-33-23-19(5-3-17(22(23)26)18-4-6-20(31)28-24(18)32)29-11-16(12-29)27-21(13-30)34-14-15-9-25(10-15)7-2-8-25/h3,5,15-16,18,27H,2,4,6-12,14H2,1H3,(H,28,31,32). The highest BCUT2D eigenvalue weighted by Gasteiger charge is 2.48. The molecular weight excluding hydrogens is 441 g/mol. The van der Waals surface area contributed by atoms with Gasteiger partial charge in [0, 0.05) is 25.1 Å². The number of methoxy groups -OCH3 is 1. The van der Waals surface area contributed by atoms with Crippen LogP contribution in [0.5, 0.6) is 5.75 Å². The number of rotatable bonds is 8. The first kappa shape index (κ1) is 22.7. The summed E-state index contributed by atoms with van der Waals surface area (Å²) in [6, 6.07) is 3.29. The molecule has 5 rings (SSSR count). The number of hydrogen-bond donors (Lipinski definition) is 2. The molecule has 2 heterocycles. The Bertz CT molecular complexity index is 1040. The third kappa shape index (κ3) is 4.13. The fraction of sp³-hybridized carbons (Fsp3) is 0.600. The lowest BCUT2D eigenvalue weighted by Crippen LogP contribution is -2.58. The number of hydrogen-bond acceptors (Lipinski definition) is 7. The summed E-state index contributed by atoms with van der Waals surface area (Å²) in [5.74, 6) is 0.425. The highest BCUT2D eigenvalue weighted by atomic mass is 19.1. The molecule has 0 radical (unpaired) electrons. The molecule has 2 aliphatic carbocycles. The van der Waals surface area contributed by atoms with Crippen LogP contribution >= 0.6 is 0 Å². The van der Waals surface area contributed by atoms with E-state index in [-0.39, 0.29) is 42.0 Å². The normalized spacial score (nSPS) is 23.8. The van der Waals surface area contributed by atoms with E-state index in [1.165, 1.54) is 39.2 Å². The molecule has 9 heteroatoms. The van der Waals surface area contributed by atoms with Gasteiger partial charge in [-0.05, 0) is 49.5 Å². The third-order valence-electron chi connectivity index (χ3n) is 7.90. The van der Waals surface area contributed by atoms with Crippen LogP contribution < -0.4 is 20.3 Å². The number of amides is 2. The van der Waals surface area contributed by atoms with E-state index in [0.717, 1.165) is 0 Å². The molecule has 2 saturated heterocycles.